The van der Waals surface area contributed by atoms with Crippen molar-refractivity contribution in [1.82, 2.24) is 4.98 Å². The fourth-order valence-corrected chi connectivity index (χ4v) is 4.14. The number of nitrogens with one attached hydrogen (secondary N) is 1. The molecule has 1 fully saturated rings. The molecule has 2 nitrogen and oxygen atoms in total. The normalized spacial score (nSPS) is 20.4. The SMILES string of the molecule is Cc1cccc2sc(NC3CCSC3)nc12. The number of thioether (sulfide) groups is 1. The minimum Gasteiger partial charge on any atom is -0.358 e. The summed E-state index contributed by atoms with van der Waals surface area (Å²) < 4.78 is 1.29. The molecule has 0 amide bonds. The van der Waals surface area contributed by atoms with Gasteiger partial charge in [-0.15, -0.1) is 0 Å². The number of fused-ring (bicyclic) bond motifs is 1. The van der Waals surface area contributed by atoms with Gasteiger partial charge in [0.15, 0.2) is 5.13 Å². The predicted molar refractivity (Wildman–Crippen MR) is 73.7 cm³/mol. The van der Waals surface area contributed by atoms with Gasteiger partial charge < -0.3 is 5.32 Å². The molecular weight excluding hydrogens is 236 g/mol. The highest BCUT2D eigenvalue weighted by Gasteiger charge is 2.16. The van der Waals surface area contributed by atoms with E-state index in [0.29, 0.717) is 6.04 Å². The topological polar surface area (TPSA) is 24.9 Å². The molecule has 1 aromatic heterocycles. The smallest absolute Gasteiger partial charge is 0.184 e. The molecule has 1 N–H and O–H groups in total. The molecule has 1 aliphatic rings. The fraction of sp³-hybridized carbons (Fsp3) is 0.417. The lowest BCUT2D eigenvalue weighted by Crippen LogP contribution is -2.17. The highest BCUT2D eigenvalue weighted by Crippen LogP contribution is 2.30. The van der Waals surface area contributed by atoms with Gasteiger partial charge in [0.1, 0.15) is 0 Å². The lowest BCUT2D eigenvalue weighted by molar-refractivity contribution is 0.812. The van der Waals surface area contributed by atoms with Crippen molar-refractivity contribution in [2.45, 2.75) is 19.4 Å². The first kappa shape index (κ1) is 10.4. The standard InChI is InChI=1S/C12H14N2S2/c1-8-3-2-4-10-11(8)14-12(16-10)13-9-5-6-15-7-9/h2-4,9H,5-7H2,1H3,(H,13,14). The molecule has 1 saturated heterocycles. The van der Waals surface area contributed by atoms with Crippen molar-refractivity contribution in [1.29, 1.82) is 0 Å². The Hall–Kier alpha value is -0.740. The van der Waals surface area contributed by atoms with E-state index >= 15 is 0 Å². The summed E-state index contributed by atoms with van der Waals surface area (Å²) in [4.78, 5) is 4.67. The molecule has 1 aromatic carbocycles. The molecule has 1 aliphatic heterocycles. The van der Waals surface area contributed by atoms with E-state index in [1.807, 2.05) is 11.8 Å². The Morgan fingerprint density at radius 3 is 3.12 bits per heavy atom. The highest BCUT2D eigenvalue weighted by molar-refractivity contribution is 7.99. The van der Waals surface area contributed by atoms with E-state index in [-0.39, 0.29) is 0 Å². The average Bonchev–Trinajstić information content (AvgIpc) is 2.88. The summed E-state index contributed by atoms with van der Waals surface area (Å²) in [5, 5.41) is 4.62. The van der Waals surface area contributed by atoms with E-state index in [2.05, 4.69) is 35.4 Å². The van der Waals surface area contributed by atoms with Gasteiger partial charge in [0.05, 0.1) is 10.2 Å². The zero-order valence-corrected chi connectivity index (χ0v) is 10.8. The van der Waals surface area contributed by atoms with Crippen molar-refractivity contribution >= 4 is 38.4 Å². The van der Waals surface area contributed by atoms with Gasteiger partial charge in [-0.25, -0.2) is 4.98 Å². The lowest BCUT2D eigenvalue weighted by atomic mass is 10.2. The van der Waals surface area contributed by atoms with Crippen LogP contribution in [-0.2, 0) is 0 Å². The van der Waals surface area contributed by atoms with Crippen LogP contribution >= 0.6 is 23.1 Å². The second-order valence-electron chi connectivity index (χ2n) is 4.15. The van der Waals surface area contributed by atoms with E-state index in [1.165, 1.54) is 28.2 Å². The summed E-state index contributed by atoms with van der Waals surface area (Å²) >= 11 is 3.79. The number of anilines is 1. The maximum absolute atomic E-state index is 4.67. The largest absolute Gasteiger partial charge is 0.358 e. The first-order valence-electron chi connectivity index (χ1n) is 5.53. The maximum atomic E-state index is 4.67. The maximum Gasteiger partial charge on any atom is 0.184 e. The van der Waals surface area contributed by atoms with Crippen LogP contribution in [0.4, 0.5) is 5.13 Å². The molecule has 4 heteroatoms. The molecule has 0 aliphatic carbocycles. The first-order valence-corrected chi connectivity index (χ1v) is 7.50. The number of para-hydroxylation sites is 1. The van der Waals surface area contributed by atoms with Crippen LogP contribution in [-0.4, -0.2) is 22.5 Å². The number of rotatable bonds is 2. The third-order valence-electron chi connectivity index (χ3n) is 2.88. The molecule has 0 radical (unpaired) electrons. The van der Waals surface area contributed by atoms with Gasteiger partial charge in [0.2, 0.25) is 0 Å². The molecule has 0 saturated carbocycles. The summed E-state index contributed by atoms with van der Waals surface area (Å²) in [6, 6.07) is 6.99. The number of hydrogen-bond acceptors (Lipinski definition) is 4. The van der Waals surface area contributed by atoms with Crippen LogP contribution in [0.25, 0.3) is 10.2 Å². The average molecular weight is 250 g/mol. The molecule has 0 bridgehead atoms. The van der Waals surface area contributed by atoms with Crippen LogP contribution in [0, 0.1) is 6.92 Å². The zero-order valence-electron chi connectivity index (χ0n) is 9.19. The second kappa shape index (κ2) is 4.26. The Bertz CT molecular complexity index is 501. The van der Waals surface area contributed by atoms with Crippen LogP contribution in [0.5, 0.6) is 0 Å². The van der Waals surface area contributed by atoms with E-state index in [1.54, 1.807) is 11.3 Å². The third-order valence-corrected chi connectivity index (χ3v) is 4.99. The Balaban J connectivity index is 1.90. The van der Waals surface area contributed by atoms with Gasteiger partial charge in [-0.3, -0.25) is 0 Å². The van der Waals surface area contributed by atoms with E-state index in [0.717, 1.165) is 10.6 Å². The summed E-state index contributed by atoms with van der Waals surface area (Å²) in [7, 11) is 0. The number of hydrogen-bond donors (Lipinski definition) is 1. The summed E-state index contributed by atoms with van der Waals surface area (Å²) in [5.41, 5.74) is 2.42. The molecule has 0 spiro atoms. The second-order valence-corrected chi connectivity index (χ2v) is 6.33. The van der Waals surface area contributed by atoms with Crippen LogP contribution in [0.15, 0.2) is 18.2 Å². The van der Waals surface area contributed by atoms with Crippen LogP contribution < -0.4 is 5.32 Å². The fourth-order valence-electron chi connectivity index (χ4n) is 1.97. The Morgan fingerprint density at radius 1 is 1.44 bits per heavy atom. The quantitative estimate of drug-likeness (QED) is 0.882. The Labute approximate surface area is 103 Å². The number of nitrogens with zero attached hydrogens (tertiary/aromatic N) is 1. The minimum atomic E-state index is 0.617. The molecular formula is C12H14N2S2. The molecule has 1 unspecified atom stereocenters. The summed E-state index contributed by atoms with van der Waals surface area (Å²) in [6.07, 6.45) is 1.26. The molecule has 2 heterocycles. The van der Waals surface area contributed by atoms with Crippen LogP contribution in [0.2, 0.25) is 0 Å². The molecule has 84 valence electrons. The summed E-state index contributed by atoms with van der Waals surface area (Å²) in [6.45, 7) is 2.12. The predicted octanol–water partition coefficient (Wildman–Crippen LogP) is 3.52. The number of aromatic nitrogens is 1. The highest BCUT2D eigenvalue weighted by atomic mass is 32.2. The number of benzene rings is 1. The zero-order chi connectivity index (χ0) is 11.0. The Kier molecular flexibility index (Phi) is 2.77. The van der Waals surface area contributed by atoms with Crippen molar-refractivity contribution < 1.29 is 0 Å². The van der Waals surface area contributed by atoms with Gasteiger partial charge >= 0.3 is 0 Å². The first-order chi connectivity index (χ1) is 7.83. The van der Waals surface area contributed by atoms with Crippen molar-refractivity contribution in [2.75, 3.05) is 16.8 Å². The molecule has 16 heavy (non-hydrogen) atoms. The van der Waals surface area contributed by atoms with E-state index in [4.69, 9.17) is 0 Å². The minimum absolute atomic E-state index is 0.617. The monoisotopic (exact) mass is 250 g/mol. The summed E-state index contributed by atoms with van der Waals surface area (Å²) in [5.74, 6) is 2.50. The van der Waals surface area contributed by atoms with E-state index < -0.39 is 0 Å². The van der Waals surface area contributed by atoms with Crippen LogP contribution in [0.3, 0.4) is 0 Å². The lowest BCUT2D eigenvalue weighted by Gasteiger charge is -2.08. The van der Waals surface area contributed by atoms with Crippen molar-refractivity contribution in [2.24, 2.45) is 0 Å². The molecule has 2 aromatic rings. The number of thiazole rings is 1. The van der Waals surface area contributed by atoms with Crippen molar-refractivity contribution in [3.63, 3.8) is 0 Å². The molecule has 1 atom stereocenters. The third kappa shape index (κ3) is 1.92. The van der Waals surface area contributed by atoms with Gasteiger partial charge in [0.25, 0.3) is 0 Å². The van der Waals surface area contributed by atoms with E-state index in [9.17, 15) is 0 Å². The van der Waals surface area contributed by atoms with Gasteiger partial charge in [-0.05, 0) is 30.7 Å². The van der Waals surface area contributed by atoms with Crippen molar-refractivity contribution in [3.05, 3.63) is 23.8 Å². The van der Waals surface area contributed by atoms with Gasteiger partial charge in [-0.1, -0.05) is 23.5 Å². The Morgan fingerprint density at radius 2 is 2.38 bits per heavy atom. The molecule has 3 rings (SSSR count). The van der Waals surface area contributed by atoms with Gasteiger partial charge in [-0.2, -0.15) is 11.8 Å². The number of aryl methyl sites for hydroxylation is 1. The van der Waals surface area contributed by atoms with Crippen LogP contribution in [0.1, 0.15) is 12.0 Å². The van der Waals surface area contributed by atoms with Gasteiger partial charge in [0, 0.05) is 11.8 Å². The van der Waals surface area contributed by atoms with Crippen molar-refractivity contribution in [3.8, 4) is 0 Å².